The predicted octanol–water partition coefficient (Wildman–Crippen LogP) is 5.10. The van der Waals surface area contributed by atoms with Crippen molar-refractivity contribution in [2.24, 2.45) is 0 Å². The van der Waals surface area contributed by atoms with Crippen LogP contribution >= 0.6 is 11.3 Å². The number of hydrogen-bond donors (Lipinski definition) is 0. The van der Waals surface area contributed by atoms with E-state index in [9.17, 15) is 13.2 Å². The summed E-state index contributed by atoms with van der Waals surface area (Å²) in [6.45, 7) is 4.37. The van der Waals surface area contributed by atoms with E-state index in [4.69, 9.17) is 9.72 Å². The molecule has 0 bridgehead atoms. The molecule has 2 aromatic heterocycles. The van der Waals surface area contributed by atoms with Crippen LogP contribution in [0.1, 0.15) is 29.5 Å². The van der Waals surface area contributed by atoms with Gasteiger partial charge in [0.05, 0.1) is 34.5 Å². The third-order valence-electron chi connectivity index (χ3n) is 5.78. The second-order valence-corrected chi connectivity index (χ2v) is 11.4. The molecule has 0 unspecified atom stereocenters. The molecule has 0 aliphatic rings. The van der Waals surface area contributed by atoms with Crippen LogP contribution in [-0.4, -0.2) is 37.2 Å². The Kier molecular flexibility index (Phi) is 7.47. The van der Waals surface area contributed by atoms with Crippen LogP contribution in [0.5, 0.6) is 5.75 Å². The second kappa shape index (κ2) is 10.5. The third kappa shape index (κ3) is 5.68. The smallest absolute Gasteiger partial charge is 0.229 e. The molecule has 0 N–H and O–H groups in total. The zero-order valence-electron chi connectivity index (χ0n) is 19.9. The number of carbonyl (C=O) groups is 1. The molecule has 1 amide bonds. The minimum atomic E-state index is -3.51. The van der Waals surface area contributed by atoms with Gasteiger partial charge in [0.15, 0.2) is 15.0 Å². The quantitative estimate of drug-likeness (QED) is 0.312. The molecule has 0 radical (unpaired) electrons. The molecule has 0 fully saturated rings. The molecule has 0 saturated carbocycles. The molecule has 182 valence electrons. The number of ether oxygens (including phenoxy) is 1. The molecular weight excluding hydrogens is 482 g/mol. The van der Waals surface area contributed by atoms with Crippen LogP contribution < -0.4 is 9.64 Å². The van der Waals surface area contributed by atoms with Crippen LogP contribution in [0.15, 0.2) is 65.8 Å². The number of thiazole rings is 1. The first-order valence-electron chi connectivity index (χ1n) is 11.2. The van der Waals surface area contributed by atoms with Crippen LogP contribution in [0.2, 0.25) is 0 Å². The van der Waals surface area contributed by atoms with Crippen molar-refractivity contribution in [3.63, 3.8) is 0 Å². The summed E-state index contributed by atoms with van der Waals surface area (Å²) in [5, 5.41) is 0.609. The van der Waals surface area contributed by atoms with Crippen LogP contribution in [-0.2, 0) is 21.2 Å². The van der Waals surface area contributed by atoms with Gasteiger partial charge in [0.2, 0.25) is 5.91 Å². The molecule has 0 atom stereocenters. The summed E-state index contributed by atoms with van der Waals surface area (Å²) < 4.78 is 31.7. The fourth-order valence-corrected chi connectivity index (χ4v) is 6.19. The highest BCUT2D eigenvalue weighted by atomic mass is 32.2. The second-order valence-electron chi connectivity index (χ2n) is 8.31. The Bertz CT molecular complexity index is 1390. The Morgan fingerprint density at radius 2 is 1.69 bits per heavy atom. The van der Waals surface area contributed by atoms with Crippen molar-refractivity contribution >= 4 is 42.4 Å². The number of pyridine rings is 1. The topological polar surface area (TPSA) is 89.5 Å². The standard InChI is InChI=1S/C26H27N3O4S2/c1-18-6-7-19(2)25-24(18)28-26(34-25)29(17-20-12-14-27-15-13-20)23(30)5-4-16-35(31,32)22-10-8-21(33-3)9-11-22/h6-15H,4-5,16-17H2,1-3H3. The van der Waals surface area contributed by atoms with Gasteiger partial charge in [-0.25, -0.2) is 13.4 Å². The maximum absolute atomic E-state index is 13.4. The van der Waals surface area contributed by atoms with Gasteiger partial charge in [-0.2, -0.15) is 0 Å². The average molecular weight is 510 g/mol. The van der Waals surface area contributed by atoms with E-state index >= 15 is 0 Å². The Labute approximate surface area is 209 Å². The number of amides is 1. The SMILES string of the molecule is COc1ccc(S(=O)(=O)CCCC(=O)N(Cc2ccncc2)c2nc3c(C)ccc(C)c3s2)cc1. The van der Waals surface area contributed by atoms with Gasteiger partial charge in [-0.1, -0.05) is 23.5 Å². The normalized spacial score (nSPS) is 11.5. The van der Waals surface area contributed by atoms with Crippen LogP contribution in [0.25, 0.3) is 10.2 Å². The molecule has 0 aliphatic carbocycles. The van der Waals surface area contributed by atoms with E-state index in [1.165, 1.54) is 30.6 Å². The van der Waals surface area contributed by atoms with Crippen LogP contribution in [0.3, 0.4) is 0 Å². The lowest BCUT2D eigenvalue weighted by molar-refractivity contribution is -0.118. The molecule has 0 aliphatic heterocycles. The molecule has 9 heteroatoms. The summed E-state index contributed by atoms with van der Waals surface area (Å²) in [4.78, 5) is 24.1. The maximum atomic E-state index is 13.4. The lowest BCUT2D eigenvalue weighted by atomic mass is 10.1. The van der Waals surface area contributed by atoms with Gasteiger partial charge >= 0.3 is 0 Å². The fraction of sp³-hybridized carbons (Fsp3) is 0.269. The zero-order valence-corrected chi connectivity index (χ0v) is 21.5. The summed E-state index contributed by atoms with van der Waals surface area (Å²) in [6, 6.07) is 14.1. The minimum Gasteiger partial charge on any atom is -0.497 e. The number of fused-ring (bicyclic) bond motifs is 1. The van der Waals surface area contributed by atoms with Crippen molar-refractivity contribution in [2.45, 2.75) is 38.1 Å². The van der Waals surface area contributed by atoms with E-state index in [1.807, 2.05) is 32.0 Å². The lowest BCUT2D eigenvalue weighted by Gasteiger charge is -2.20. The highest BCUT2D eigenvalue weighted by molar-refractivity contribution is 7.91. The van der Waals surface area contributed by atoms with Gasteiger partial charge in [0, 0.05) is 18.8 Å². The van der Waals surface area contributed by atoms with E-state index in [2.05, 4.69) is 11.1 Å². The van der Waals surface area contributed by atoms with Crippen molar-refractivity contribution < 1.29 is 17.9 Å². The number of benzene rings is 2. The van der Waals surface area contributed by atoms with E-state index in [0.29, 0.717) is 17.4 Å². The number of carbonyl (C=O) groups excluding carboxylic acids is 1. The Morgan fingerprint density at radius 3 is 2.34 bits per heavy atom. The zero-order chi connectivity index (χ0) is 25.0. The number of anilines is 1. The molecule has 35 heavy (non-hydrogen) atoms. The summed E-state index contributed by atoms with van der Waals surface area (Å²) in [6.07, 6.45) is 3.68. The summed E-state index contributed by atoms with van der Waals surface area (Å²) in [5.41, 5.74) is 3.97. The van der Waals surface area contributed by atoms with Crippen molar-refractivity contribution in [3.05, 3.63) is 77.6 Å². The van der Waals surface area contributed by atoms with Gasteiger partial charge in [-0.15, -0.1) is 0 Å². The predicted molar refractivity (Wildman–Crippen MR) is 139 cm³/mol. The Balaban J connectivity index is 1.54. The van der Waals surface area contributed by atoms with Crippen molar-refractivity contribution in [2.75, 3.05) is 17.8 Å². The third-order valence-corrected chi connectivity index (χ3v) is 8.81. The molecule has 7 nitrogen and oxygen atoms in total. The number of rotatable bonds is 9. The molecule has 4 aromatic rings. The molecule has 0 spiro atoms. The van der Waals surface area contributed by atoms with Gasteiger partial charge in [0.25, 0.3) is 0 Å². The highest BCUT2D eigenvalue weighted by Gasteiger charge is 2.22. The molecule has 2 aromatic carbocycles. The largest absolute Gasteiger partial charge is 0.497 e. The Hall–Kier alpha value is -3.30. The molecule has 0 saturated heterocycles. The van der Waals surface area contributed by atoms with Crippen molar-refractivity contribution in [1.29, 1.82) is 0 Å². The fourth-order valence-electron chi connectivity index (χ4n) is 3.75. The number of sulfone groups is 1. The number of aromatic nitrogens is 2. The van der Waals surface area contributed by atoms with Gasteiger partial charge in [0.1, 0.15) is 5.75 Å². The summed E-state index contributed by atoms with van der Waals surface area (Å²) >= 11 is 1.48. The number of nitrogens with zero attached hydrogens (tertiary/aromatic N) is 3. The Morgan fingerprint density at radius 1 is 1.00 bits per heavy atom. The van der Waals surface area contributed by atoms with Crippen LogP contribution in [0.4, 0.5) is 5.13 Å². The van der Waals surface area contributed by atoms with E-state index in [1.54, 1.807) is 29.4 Å². The highest BCUT2D eigenvalue weighted by Crippen LogP contribution is 2.34. The van der Waals surface area contributed by atoms with E-state index in [0.717, 1.165) is 26.9 Å². The lowest BCUT2D eigenvalue weighted by Crippen LogP contribution is -2.30. The van der Waals surface area contributed by atoms with Gasteiger partial charge < -0.3 is 4.74 Å². The molecule has 2 heterocycles. The minimum absolute atomic E-state index is 0.0916. The average Bonchev–Trinajstić information content (AvgIpc) is 3.32. The van der Waals surface area contributed by atoms with Gasteiger partial charge in [-0.3, -0.25) is 14.7 Å². The van der Waals surface area contributed by atoms with E-state index < -0.39 is 9.84 Å². The van der Waals surface area contributed by atoms with Crippen molar-refractivity contribution in [3.8, 4) is 5.75 Å². The monoisotopic (exact) mass is 509 g/mol. The molecule has 4 rings (SSSR count). The first-order chi connectivity index (χ1) is 16.8. The first kappa shape index (κ1) is 24.8. The maximum Gasteiger partial charge on any atom is 0.229 e. The van der Waals surface area contributed by atoms with Crippen LogP contribution in [0, 0.1) is 13.8 Å². The van der Waals surface area contributed by atoms with E-state index in [-0.39, 0.29) is 29.4 Å². The molecular formula is C26H27N3O4S2. The first-order valence-corrected chi connectivity index (χ1v) is 13.7. The number of aryl methyl sites for hydroxylation is 2. The number of hydrogen-bond acceptors (Lipinski definition) is 7. The summed E-state index contributed by atoms with van der Waals surface area (Å²) in [5.74, 6) is 0.306. The van der Waals surface area contributed by atoms with Gasteiger partial charge in [-0.05, 0) is 73.4 Å². The number of methoxy groups -OCH3 is 1. The summed E-state index contributed by atoms with van der Waals surface area (Å²) in [7, 11) is -1.98. The van der Waals surface area contributed by atoms with Crippen molar-refractivity contribution in [1.82, 2.24) is 9.97 Å².